The molecule has 2 fully saturated rings. The average molecular weight is 372 g/mol. The molecule has 26 heavy (non-hydrogen) atoms. The molecule has 2 saturated heterocycles. The summed E-state index contributed by atoms with van der Waals surface area (Å²) in [5.74, 6) is 0. The third-order valence-electron chi connectivity index (χ3n) is 4.89. The fraction of sp³-hybridized carbons (Fsp3) is 0.389. The van der Waals surface area contributed by atoms with Gasteiger partial charge in [0.05, 0.1) is 17.7 Å². The van der Waals surface area contributed by atoms with E-state index in [0.717, 1.165) is 29.8 Å². The van der Waals surface area contributed by atoms with Gasteiger partial charge in [-0.2, -0.15) is 0 Å². The molecule has 7 nitrogen and oxygen atoms in total. The summed E-state index contributed by atoms with van der Waals surface area (Å²) in [6, 6.07) is 7.55. The van der Waals surface area contributed by atoms with Crippen LogP contribution in [-0.4, -0.2) is 47.2 Å². The van der Waals surface area contributed by atoms with Crippen LogP contribution in [0.15, 0.2) is 35.2 Å². The van der Waals surface area contributed by atoms with Crippen LogP contribution >= 0.6 is 11.3 Å². The topological polar surface area (TPSA) is 83.6 Å². The van der Waals surface area contributed by atoms with Gasteiger partial charge in [-0.25, -0.2) is 14.6 Å². The number of benzene rings is 1. The van der Waals surface area contributed by atoms with E-state index in [1.165, 1.54) is 0 Å². The number of anilines is 1. The van der Waals surface area contributed by atoms with Crippen LogP contribution in [-0.2, 0) is 4.74 Å². The van der Waals surface area contributed by atoms with Gasteiger partial charge in [-0.1, -0.05) is 12.1 Å². The van der Waals surface area contributed by atoms with Crippen LogP contribution in [0, 0.1) is 0 Å². The van der Waals surface area contributed by atoms with Crippen molar-refractivity contribution in [3.05, 3.63) is 35.2 Å². The number of thiazole rings is 1. The minimum absolute atomic E-state index is 0.130. The normalized spacial score (nSPS) is 22.6. The number of rotatable bonds is 2. The molecule has 3 heterocycles. The minimum Gasteiger partial charge on any atom is -0.441 e. The SMILES string of the molecule is O=C1NC[C@]2(CCCN(C(=O)Nc3cccc(-c4cscn4)c3)CC2)O1. The zero-order chi connectivity index (χ0) is 18.0. The minimum atomic E-state index is -0.462. The molecule has 136 valence electrons. The van der Waals surface area contributed by atoms with Gasteiger partial charge in [-0.05, 0) is 25.0 Å². The maximum Gasteiger partial charge on any atom is 0.407 e. The number of urea groups is 1. The highest BCUT2D eigenvalue weighted by atomic mass is 32.1. The highest BCUT2D eigenvalue weighted by Crippen LogP contribution is 2.29. The Morgan fingerprint density at radius 1 is 1.35 bits per heavy atom. The van der Waals surface area contributed by atoms with Gasteiger partial charge in [0.1, 0.15) is 5.60 Å². The number of hydrogen-bond donors (Lipinski definition) is 2. The molecule has 8 heteroatoms. The molecule has 0 radical (unpaired) electrons. The predicted molar refractivity (Wildman–Crippen MR) is 99.2 cm³/mol. The summed E-state index contributed by atoms with van der Waals surface area (Å²) in [4.78, 5) is 30.1. The fourth-order valence-electron chi connectivity index (χ4n) is 3.47. The third kappa shape index (κ3) is 3.50. The summed E-state index contributed by atoms with van der Waals surface area (Å²) in [5, 5.41) is 7.67. The Balaban J connectivity index is 1.41. The van der Waals surface area contributed by atoms with Crippen molar-refractivity contribution in [3.8, 4) is 11.3 Å². The van der Waals surface area contributed by atoms with Gasteiger partial charge in [-0.15, -0.1) is 11.3 Å². The second kappa shape index (κ2) is 6.95. The Morgan fingerprint density at radius 2 is 2.27 bits per heavy atom. The van der Waals surface area contributed by atoms with Gasteiger partial charge in [0, 0.05) is 36.1 Å². The first-order valence-electron chi connectivity index (χ1n) is 8.65. The Hall–Kier alpha value is -2.61. The molecule has 0 saturated carbocycles. The Kier molecular flexibility index (Phi) is 4.50. The molecular formula is C18H20N4O3S. The number of amides is 3. The van der Waals surface area contributed by atoms with Crippen molar-refractivity contribution >= 4 is 29.1 Å². The van der Waals surface area contributed by atoms with E-state index in [1.807, 2.05) is 29.6 Å². The van der Waals surface area contributed by atoms with E-state index in [0.29, 0.717) is 26.1 Å². The van der Waals surface area contributed by atoms with E-state index >= 15 is 0 Å². The molecule has 4 rings (SSSR count). The van der Waals surface area contributed by atoms with Crippen LogP contribution < -0.4 is 10.6 Å². The van der Waals surface area contributed by atoms with E-state index in [9.17, 15) is 9.59 Å². The lowest BCUT2D eigenvalue weighted by Crippen LogP contribution is -2.38. The molecule has 2 N–H and O–H groups in total. The Labute approximate surface area is 155 Å². The molecule has 1 spiro atoms. The summed E-state index contributed by atoms with van der Waals surface area (Å²) >= 11 is 1.54. The van der Waals surface area contributed by atoms with E-state index in [-0.39, 0.29) is 12.1 Å². The number of nitrogens with zero attached hydrogens (tertiary/aromatic N) is 2. The molecule has 0 aliphatic carbocycles. The van der Waals surface area contributed by atoms with Crippen molar-refractivity contribution in [3.63, 3.8) is 0 Å². The fourth-order valence-corrected chi connectivity index (χ4v) is 4.03. The molecule has 3 amide bonds. The second-order valence-corrected chi connectivity index (χ2v) is 7.37. The van der Waals surface area contributed by atoms with Crippen LogP contribution in [0.5, 0.6) is 0 Å². The van der Waals surface area contributed by atoms with Crippen LogP contribution in [0.3, 0.4) is 0 Å². The van der Waals surface area contributed by atoms with Gasteiger partial charge < -0.3 is 20.3 Å². The van der Waals surface area contributed by atoms with E-state index < -0.39 is 5.60 Å². The van der Waals surface area contributed by atoms with Gasteiger partial charge in [0.25, 0.3) is 0 Å². The summed E-state index contributed by atoms with van der Waals surface area (Å²) in [6.45, 7) is 1.74. The van der Waals surface area contributed by atoms with Gasteiger partial charge in [0.2, 0.25) is 0 Å². The first-order chi connectivity index (χ1) is 12.6. The molecule has 2 aliphatic rings. The van der Waals surface area contributed by atoms with E-state index in [2.05, 4.69) is 15.6 Å². The van der Waals surface area contributed by atoms with Gasteiger partial charge >= 0.3 is 12.1 Å². The lowest BCUT2D eigenvalue weighted by atomic mass is 9.95. The molecule has 1 atom stereocenters. The summed E-state index contributed by atoms with van der Waals surface area (Å²) in [5.41, 5.74) is 3.95. The highest BCUT2D eigenvalue weighted by Gasteiger charge is 2.41. The number of nitrogens with one attached hydrogen (secondary N) is 2. The van der Waals surface area contributed by atoms with E-state index in [1.54, 1.807) is 21.7 Å². The number of ether oxygens (including phenoxy) is 1. The predicted octanol–water partition coefficient (Wildman–Crippen LogP) is 3.31. The number of likely N-dealkylation sites (tertiary alicyclic amines) is 1. The zero-order valence-electron chi connectivity index (χ0n) is 14.2. The largest absolute Gasteiger partial charge is 0.441 e. The lowest BCUT2D eigenvalue weighted by Gasteiger charge is -2.25. The molecule has 2 aromatic rings. The number of carbonyl (C=O) groups is 2. The molecule has 1 aromatic carbocycles. The van der Waals surface area contributed by atoms with E-state index in [4.69, 9.17) is 4.74 Å². The summed E-state index contributed by atoms with van der Waals surface area (Å²) < 4.78 is 5.46. The quantitative estimate of drug-likeness (QED) is 0.847. The van der Waals surface area contributed by atoms with Crippen LogP contribution in [0.4, 0.5) is 15.3 Å². The molecular weight excluding hydrogens is 352 g/mol. The molecule has 0 bridgehead atoms. The first-order valence-corrected chi connectivity index (χ1v) is 9.59. The van der Waals surface area contributed by atoms with Crippen molar-refractivity contribution in [2.45, 2.75) is 24.9 Å². The second-order valence-electron chi connectivity index (χ2n) is 6.65. The summed E-state index contributed by atoms with van der Waals surface area (Å²) in [7, 11) is 0. The molecule has 0 unspecified atom stereocenters. The maximum absolute atomic E-state index is 12.7. The monoisotopic (exact) mass is 372 g/mol. The Bertz CT molecular complexity index is 811. The molecule has 2 aliphatic heterocycles. The maximum atomic E-state index is 12.7. The van der Waals surface area contributed by atoms with Crippen molar-refractivity contribution in [1.82, 2.24) is 15.2 Å². The highest BCUT2D eigenvalue weighted by molar-refractivity contribution is 7.07. The average Bonchev–Trinajstić information content (AvgIpc) is 3.23. The number of alkyl carbamates (subject to hydrolysis) is 1. The number of aromatic nitrogens is 1. The summed E-state index contributed by atoms with van der Waals surface area (Å²) in [6.07, 6.45) is 1.87. The van der Waals surface area contributed by atoms with Gasteiger partial charge in [0.15, 0.2) is 0 Å². The van der Waals surface area contributed by atoms with Crippen molar-refractivity contribution < 1.29 is 14.3 Å². The third-order valence-corrected chi connectivity index (χ3v) is 5.48. The van der Waals surface area contributed by atoms with Gasteiger partial charge in [-0.3, -0.25) is 0 Å². The zero-order valence-corrected chi connectivity index (χ0v) is 15.1. The first kappa shape index (κ1) is 16.8. The van der Waals surface area contributed by atoms with Crippen LogP contribution in [0.25, 0.3) is 11.3 Å². The lowest BCUT2D eigenvalue weighted by molar-refractivity contribution is 0.0454. The number of carbonyl (C=O) groups excluding carboxylic acids is 2. The standard InChI is InChI=1S/C18H20N4O3S/c23-16(21-14-4-1-3-13(9-14)15-10-26-12-20-15)22-7-2-5-18(6-8-22)11-19-17(24)25-18/h1,3-4,9-10,12H,2,5-8,11H2,(H,19,24)(H,21,23)/t18-/m1/s1. The van der Waals surface area contributed by atoms with Crippen molar-refractivity contribution in [2.75, 3.05) is 25.0 Å². The van der Waals surface area contributed by atoms with Crippen LogP contribution in [0.2, 0.25) is 0 Å². The Morgan fingerprint density at radius 3 is 3.04 bits per heavy atom. The number of hydrogen-bond acceptors (Lipinski definition) is 5. The van der Waals surface area contributed by atoms with Crippen LogP contribution in [0.1, 0.15) is 19.3 Å². The smallest absolute Gasteiger partial charge is 0.407 e. The molecule has 1 aromatic heterocycles. The van der Waals surface area contributed by atoms with Crippen molar-refractivity contribution in [2.24, 2.45) is 0 Å². The van der Waals surface area contributed by atoms with Crippen molar-refractivity contribution in [1.29, 1.82) is 0 Å².